The van der Waals surface area contributed by atoms with Gasteiger partial charge in [-0.1, -0.05) is 12.1 Å². The molecular weight excluding hydrogens is 430 g/mol. The van der Waals surface area contributed by atoms with E-state index in [-0.39, 0.29) is 30.5 Å². The minimum absolute atomic E-state index is 0.0429. The number of alkyl halides is 1. The van der Waals surface area contributed by atoms with Crippen molar-refractivity contribution >= 4 is 16.1 Å². The predicted molar refractivity (Wildman–Crippen MR) is 111 cm³/mol. The van der Waals surface area contributed by atoms with Crippen LogP contribution in [-0.2, 0) is 19.5 Å². The van der Waals surface area contributed by atoms with Gasteiger partial charge in [-0.3, -0.25) is 4.90 Å². The number of nitrogens with zero attached hydrogens (tertiary/aromatic N) is 1. The number of rotatable bonds is 7. The zero-order valence-electron chi connectivity index (χ0n) is 17.8. The highest BCUT2D eigenvalue weighted by Gasteiger charge is 2.44. The van der Waals surface area contributed by atoms with Crippen LogP contribution < -0.4 is 4.72 Å². The molecule has 1 aliphatic heterocycles. The van der Waals surface area contributed by atoms with E-state index in [2.05, 4.69) is 4.72 Å². The number of likely N-dealkylation sites (tertiary alicyclic amines) is 1. The third kappa shape index (κ3) is 5.93. The van der Waals surface area contributed by atoms with E-state index >= 15 is 0 Å². The summed E-state index contributed by atoms with van der Waals surface area (Å²) in [7, 11) is -2.82. The standard InChI is InChI=1S/C21H30F2N2O5S/c1-14-10-19(24-31(27,28)13-22)20(25(14)21(26)29-2)12-30-18-8-6-15(7-9-18)16-4-3-5-17(23)11-16/h3-5,11,14-15,18-20,24H,6-10,12-13H2,1-2H3/t14-,15?,18?,19+,20+/m1/s1. The summed E-state index contributed by atoms with van der Waals surface area (Å²) in [4.78, 5) is 13.7. The second-order valence-corrected chi connectivity index (χ2v) is 10.0. The van der Waals surface area contributed by atoms with Crippen LogP contribution in [0.25, 0.3) is 0 Å². The molecule has 1 aliphatic carbocycles. The van der Waals surface area contributed by atoms with E-state index < -0.39 is 34.2 Å². The average Bonchev–Trinajstić information content (AvgIpc) is 3.06. The maximum atomic E-state index is 13.5. The normalized spacial score (nSPS) is 29.2. The van der Waals surface area contributed by atoms with Gasteiger partial charge in [0.05, 0.1) is 25.9 Å². The maximum Gasteiger partial charge on any atom is 0.410 e. The summed E-state index contributed by atoms with van der Waals surface area (Å²) in [5, 5.41) is 0. The highest BCUT2D eigenvalue weighted by Crippen LogP contribution is 2.35. The van der Waals surface area contributed by atoms with Gasteiger partial charge in [0.2, 0.25) is 16.0 Å². The third-order valence-electron chi connectivity index (χ3n) is 6.25. The van der Waals surface area contributed by atoms with Crippen LogP contribution >= 0.6 is 0 Å². The number of ether oxygens (including phenoxy) is 2. The highest BCUT2D eigenvalue weighted by molar-refractivity contribution is 7.89. The van der Waals surface area contributed by atoms with Crippen molar-refractivity contribution in [3.8, 4) is 0 Å². The Morgan fingerprint density at radius 2 is 1.97 bits per heavy atom. The monoisotopic (exact) mass is 460 g/mol. The molecule has 0 radical (unpaired) electrons. The lowest BCUT2D eigenvalue weighted by Gasteiger charge is -2.33. The van der Waals surface area contributed by atoms with Gasteiger partial charge in [0.15, 0.2) is 0 Å². The Kier molecular flexibility index (Phi) is 7.87. The molecule has 1 aromatic rings. The summed E-state index contributed by atoms with van der Waals surface area (Å²) < 4.78 is 63.1. The van der Waals surface area contributed by atoms with Crippen molar-refractivity contribution in [1.82, 2.24) is 9.62 Å². The molecule has 1 saturated carbocycles. The lowest BCUT2D eigenvalue weighted by molar-refractivity contribution is -0.00862. The summed E-state index contributed by atoms with van der Waals surface area (Å²) in [5.41, 5.74) is 0.987. The van der Waals surface area contributed by atoms with E-state index in [1.165, 1.54) is 18.1 Å². The summed E-state index contributed by atoms with van der Waals surface area (Å²) >= 11 is 0. The van der Waals surface area contributed by atoms with Gasteiger partial charge >= 0.3 is 6.09 Å². The highest BCUT2D eigenvalue weighted by atomic mass is 32.2. The van der Waals surface area contributed by atoms with Crippen molar-refractivity contribution in [2.75, 3.05) is 19.7 Å². The fourth-order valence-electron chi connectivity index (χ4n) is 4.72. The molecule has 174 valence electrons. The van der Waals surface area contributed by atoms with Gasteiger partial charge < -0.3 is 9.47 Å². The minimum atomic E-state index is -4.08. The molecule has 1 aromatic carbocycles. The van der Waals surface area contributed by atoms with Gasteiger partial charge in [0.1, 0.15) is 5.82 Å². The van der Waals surface area contributed by atoms with Gasteiger partial charge in [0, 0.05) is 12.1 Å². The molecule has 3 rings (SSSR count). The van der Waals surface area contributed by atoms with Gasteiger partial charge in [-0.25, -0.2) is 26.7 Å². The van der Waals surface area contributed by atoms with Crippen LogP contribution in [0.1, 0.15) is 50.5 Å². The number of benzene rings is 1. The Morgan fingerprint density at radius 3 is 2.58 bits per heavy atom. The van der Waals surface area contributed by atoms with Crippen LogP contribution in [0, 0.1) is 5.82 Å². The van der Waals surface area contributed by atoms with Crippen LogP contribution in [0.3, 0.4) is 0 Å². The number of hydrogen-bond acceptors (Lipinski definition) is 5. The first-order chi connectivity index (χ1) is 14.7. The second kappa shape index (κ2) is 10.2. The molecule has 2 aliphatic rings. The average molecular weight is 461 g/mol. The Labute approximate surface area is 182 Å². The molecule has 7 nitrogen and oxygen atoms in total. The lowest BCUT2D eigenvalue weighted by Crippen LogP contribution is -2.50. The van der Waals surface area contributed by atoms with Crippen LogP contribution in [-0.4, -0.2) is 63.4 Å². The van der Waals surface area contributed by atoms with E-state index in [0.29, 0.717) is 6.42 Å². The maximum absolute atomic E-state index is 13.5. The number of methoxy groups -OCH3 is 1. The van der Waals surface area contributed by atoms with E-state index in [9.17, 15) is 22.0 Å². The molecule has 1 saturated heterocycles. The summed E-state index contributed by atoms with van der Waals surface area (Å²) in [6, 6.07) is 3.61. The molecule has 0 aromatic heterocycles. The van der Waals surface area contributed by atoms with Crippen molar-refractivity contribution < 1.29 is 31.5 Å². The zero-order valence-corrected chi connectivity index (χ0v) is 18.6. The minimum Gasteiger partial charge on any atom is -0.453 e. The third-order valence-corrected chi connectivity index (χ3v) is 7.20. The fraction of sp³-hybridized carbons (Fsp3) is 0.667. The Balaban J connectivity index is 1.61. The first-order valence-electron chi connectivity index (χ1n) is 10.5. The summed E-state index contributed by atoms with van der Waals surface area (Å²) in [5.74, 6) is 0.0358. The van der Waals surface area contributed by atoms with Crippen LogP contribution in [0.15, 0.2) is 24.3 Å². The number of nitrogens with one attached hydrogen (secondary N) is 1. The number of carbonyl (C=O) groups excluding carboxylic acids is 1. The Morgan fingerprint density at radius 1 is 1.26 bits per heavy atom. The molecule has 1 N–H and O–H groups in total. The van der Waals surface area contributed by atoms with E-state index in [4.69, 9.17) is 9.47 Å². The van der Waals surface area contributed by atoms with Crippen molar-refractivity contribution in [3.63, 3.8) is 0 Å². The van der Waals surface area contributed by atoms with Crippen LogP contribution in [0.5, 0.6) is 0 Å². The largest absolute Gasteiger partial charge is 0.453 e. The van der Waals surface area contributed by atoms with E-state index in [1.54, 1.807) is 19.1 Å². The van der Waals surface area contributed by atoms with Crippen molar-refractivity contribution in [2.45, 2.75) is 69.2 Å². The second-order valence-electron chi connectivity index (χ2n) is 8.34. The Bertz CT molecular complexity index is 861. The quantitative estimate of drug-likeness (QED) is 0.675. The van der Waals surface area contributed by atoms with Crippen molar-refractivity contribution in [3.05, 3.63) is 35.6 Å². The number of amides is 1. The van der Waals surface area contributed by atoms with Crippen LogP contribution in [0.4, 0.5) is 13.6 Å². The smallest absolute Gasteiger partial charge is 0.410 e. The first-order valence-corrected chi connectivity index (χ1v) is 12.2. The van der Waals surface area contributed by atoms with Crippen molar-refractivity contribution in [1.29, 1.82) is 0 Å². The summed E-state index contributed by atoms with van der Waals surface area (Å²) in [6.07, 6.45) is 3.00. The topological polar surface area (TPSA) is 84.9 Å². The number of carbonyl (C=O) groups is 1. The first kappa shape index (κ1) is 23.9. The SMILES string of the molecule is COC(=O)N1[C@H](C)C[C@H](NS(=O)(=O)CF)[C@@H]1COC1CCC(c2cccc(F)c2)CC1. The molecule has 2 fully saturated rings. The molecule has 3 atom stereocenters. The summed E-state index contributed by atoms with van der Waals surface area (Å²) in [6.45, 7) is 1.91. The molecule has 0 unspecified atom stereocenters. The zero-order chi connectivity index (χ0) is 22.6. The number of hydrogen-bond donors (Lipinski definition) is 1. The van der Waals surface area contributed by atoms with Gasteiger partial charge in [-0.15, -0.1) is 0 Å². The van der Waals surface area contributed by atoms with E-state index in [1.807, 2.05) is 6.07 Å². The number of halogens is 2. The fourth-order valence-corrected chi connectivity index (χ4v) is 5.50. The Hall–Kier alpha value is -1.78. The molecular formula is C21H30F2N2O5S. The van der Waals surface area contributed by atoms with Crippen molar-refractivity contribution in [2.24, 2.45) is 0 Å². The molecule has 1 heterocycles. The number of sulfonamides is 1. The van der Waals surface area contributed by atoms with Gasteiger partial charge in [0.25, 0.3) is 0 Å². The molecule has 31 heavy (non-hydrogen) atoms. The predicted octanol–water partition coefficient (Wildman–Crippen LogP) is 3.31. The molecule has 10 heteroatoms. The van der Waals surface area contributed by atoms with Gasteiger partial charge in [-0.05, 0) is 62.6 Å². The molecule has 0 bridgehead atoms. The van der Waals surface area contributed by atoms with Gasteiger partial charge in [-0.2, -0.15) is 0 Å². The lowest BCUT2D eigenvalue weighted by atomic mass is 9.82. The van der Waals surface area contributed by atoms with E-state index in [0.717, 1.165) is 31.2 Å². The molecule has 0 spiro atoms. The van der Waals surface area contributed by atoms with Crippen LogP contribution in [0.2, 0.25) is 0 Å². The molecule has 1 amide bonds.